The normalized spacial score (nSPS) is 4.00. The van der Waals surface area contributed by atoms with E-state index in [1.54, 1.807) is 0 Å². The quantitative estimate of drug-likeness (QED) is 0.618. The zero-order valence-electron chi connectivity index (χ0n) is 2.21. The minimum absolute atomic E-state index is 0. The van der Waals surface area contributed by atoms with Crippen molar-refractivity contribution in [2.24, 2.45) is 0 Å². The summed E-state index contributed by atoms with van der Waals surface area (Å²) in [5, 5.41) is 13.9. The van der Waals surface area contributed by atoms with E-state index in [0.717, 1.165) is 0 Å². The van der Waals surface area contributed by atoms with Crippen molar-refractivity contribution in [2.45, 2.75) is 0 Å². The van der Waals surface area contributed by atoms with Gasteiger partial charge < -0.3 is 10.2 Å². The first-order chi connectivity index (χ1) is 1.73. The second-order valence-electron chi connectivity index (χ2n) is 0.283. The molecule has 0 bridgehead atoms. The third-order valence-electron chi connectivity index (χ3n) is 0. The third kappa shape index (κ3) is 45.9. The van der Waals surface area contributed by atoms with Crippen LogP contribution in [-0.4, -0.2) is 85.3 Å². The van der Waals surface area contributed by atoms with Crippen molar-refractivity contribution in [1.82, 2.24) is 0 Å². The van der Waals surface area contributed by atoms with Gasteiger partial charge >= 0.3 is 75.0 Å². The van der Waals surface area contributed by atoms with Gasteiger partial charge in [-0.1, -0.05) is 0 Å². The molecule has 2 N–H and O–H groups in total. The molecule has 0 fully saturated rings. The van der Waals surface area contributed by atoms with Crippen molar-refractivity contribution in [3.05, 3.63) is 0 Å². The van der Waals surface area contributed by atoms with E-state index in [4.69, 9.17) is 15.0 Å². The summed E-state index contributed by atoms with van der Waals surface area (Å²) in [6, 6.07) is 0. The molecule has 0 amide bonds. The van der Waals surface area contributed by atoms with Crippen molar-refractivity contribution in [1.29, 1.82) is 0 Å². The van der Waals surface area contributed by atoms with E-state index in [9.17, 15) is 0 Å². The van der Waals surface area contributed by atoms with Crippen LogP contribution >= 0.6 is 12.4 Å². The van der Waals surface area contributed by atoms with Crippen LogP contribution in [0.25, 0.3) is 0 Å². The fourth-order valence-electron chi connectivity index (χ4n) is 0. The van der Waals surface area contributed by atoms with Gasteiger partial charge in [0.2, 0.25) is 0 Å². The van der Waals surface area contributed by atoms with Gasteiger partial charge in [-0.15, -0.1) is 12.4 Å². The van der Waals surface area contributed by atoms with Crippen molar-refractivity contribution < 1.29 is 15.0 Å². The van der Waals surface area contributed by atoms with Gasteiger partial charge in [0.1, 0.15) is 0 Å². The second kappa shape index (κ2) is 9.79. The molecule has 0 radical (unpaired) electrons. The van der Waals surface area contributed by atoms with Crippen LogP contribution in [0.15, 0.2) is 0 Å². The van der Waals surface area contributed by atoms with Crippen LogP contribution in [0.4, 0.5) is 4.79 Å². The Morgan fingerprint density at radius 2 is 1.33 bits per heavy atom. The van der Waals surface area contributed by atoms with E-state index < -0.39 is 6.16 Å². The summed E-state index contributed by atoms with van der Waals surface area (Å²) in [7, 11) is 0. The summed E-state index contributed by atoms with van der Waals surface area (Å²) < 4.78 is 0. The molecule has 0 aliphatic carbocycles. The Labute approximate surface area is 99.9 Å². The molecule has 0 rings (SSSR count). The predicted molar refractivity (Wildman–Crippen MR) is 25.1 cm³/mol. The van der Waals surface area contributed by atoms with Crippen molar-refractivity contribution in [3.8, 4) is 0 Å². The fourth-order valence-corrected chi connectivity index (χ4v) is 0. The molecule has 0 heterocycles. The molecule has 0 unspecified atom stereocenters. The molecule has 0 aliphatic heterocycles. The number of carboxylic acid groups (broad SMARTS) is 2. The monoisotopic (exact) mass is 232 g/mol. The number of hydrogen-bond donors (Lipinski definition) is 2. The van der Waals surface area contributed by atoms with Gasteiger partial charge in [-0.2, -0.15) is 0 Å². The zero-order valence-corrected chi connectivity index (χ0v) is 3.03. The molecule has 5 heteroatoms. The van der Waals surface area contributed by atoms with Gasteiger partial charge in [-0.05, 0) is 0 Å². The summed E-state index contributed by atoms with van der Waals surface area (Å²) in [6.07, 6.45) is -1.83. The van der Waals surface area contributed by atoms with Crippen LogP contribution in [-0.2, 0) is 0 Å². The van der Waals surface area contributed by atoms with Crippen LogP contribution < -0.4 is 0 Å². The second-order valence-corrected chi connectivity index (χ2v) is 0.283. The molecule has 3 nitrogen and oxygen atoms in total. The zero-order chi connectivity index (χ0) is 3.58. The standard InChI is InChI=1S/CH2O3.ClH.Cs.H/c2-1(3)4;;;/h(H2,2,3,4);1H;;. The molecule has 0 aromatic rings. The Morgan fingerprint density at radius 1 is 1.33 bits per heavy atom. The summed E-state index contributed by atoms with van der Waals surface area (Å²) in [5.41, 5.74) is 0. The molecule has 0 saturated heterocycles. The van der Waals surface area contributed by atoms with Crippen molar-refractivity contribution in [3.63, 3.8) is 0 Å². The van der Waals surface area contributed by atoms with E-state index in [2.05, 4.69) is 0 Å². The predicted octanol–water partition coefficient (Wildman–Crippen LogP) is -0.00430. The number of carbonyl (C=O) groups is 1. The molecule has 0 aromatic carbocycles. The van der Waals surface area contributed by atoms with Gasteiger partial charge in [0.05, 0.1) is 0 Å². The number of rotatable bonds is 0. The molecule has 0 aromatic heterocycles. The van der Waals surface area contributed by atoms with E-state index in [1.807, 2.05) is 0 Å². The Morgan fingerprint density at radius 3 is 1.33 bits per heavy atom. The van der Waals surface area contributed by atoms with Crippen LogP contribution in [0.3, 0.4) is 0 Å². The summed E-state index contributed by atoms with van der Waals surface area (Å²) in [4.78, 5) is 8.56. The van der Waals surface area contributed by atoms with Crippen LogP contribution in [0.5, 0.6) is 0 Å². The van der Waals surface area contributed by atoms with E-state index >= 15 is 0 Å². The first kappa shape index (κ1) is 15.6. The Balaban J connectivity index is -0.0000000450. The summed E-state index contributed by atoms with van der Waals surface area (Å²) in [6.45, 7) is 0. The summed E-state index contributed by atoms with van der Waals surface area (Å²) in [5.74, 6) is 0. The molecule has 0 spiro atoms. The number of hydrogen-bond acceptors (Lipinski definition) is 1. The topological polar surface area (TPSA) is 57.5 Å². The maximum atomic E-state index is 8.56. The van der Waals surface area contributed by atoms with Crippen LogP contribution in [0.2, 0.25) is 0 Å². The number of halogens is 1. The van der Waals surface area contributed by atoms with Crippen LogP contribution in [0.1, 0.15) is 0 Å². The first-order valence-corrected chi connectivity index (χ1v) is 0.651. The van der Waals surface area contributed by atoms with E-state index in [1.165, 1.54) is 0 Å². The molecule has 0 aliphatic rings. The average molecular weight is 232 g/mol. The van der Waals surface area contributed by atoms with E-state index in [-0.39, 0.29) is 81.3 Å². The maximum absolute atomic E-state index is 8.56. The molecule has 0 saturated carbocycles. The average Bonchev–Trinajstić information content (AvgIpc) is 0.811. The molecule has 6 heavy (non-hydrogen) atoms. The van der Waals surface area contributed by atoms with Gasteiger partial charge in [0, 0.05) is 0 Å². The summed E-state index contributed by atoms with van der Waals surface area (Å²) >= 11 is 0. The van der Waals surface area contributed by atoms with Crippen molar-refractivity contribution >= 4 is 87.5 Å². The van der Waals surface area contributed by atoms with Crippen molar-refractivity contribution in [2.75, 3.05) is 0 Å². The van der Waals surface area contributed by atoms with Gasteiger partial charge in [-0.25, -0.2) is 4.79 Å². The Kier molecular flexibility index (Phi) is 25.5. The first-order valence-electron chi connectivity index (χ1n) is 0.651. The molecular weight excluding hydrogens is 228 g/mol. The third-order valence-corrected chi connectivity index (χ3v) is 0. The molecular formula is CH4ClCsO3. The van der Waals surface area contributed by atoms with Gasteiger partial charge in [0.25, 0.3) is 0 Å². The van der Waals surface area contributed by atoms with Gasteiger partial charge in [0.15, 0.2) is 0 Å². The Bertz CT molecular complexity index is 33.8. The van der Waals surface area contributed by atoms with E-state index in [0.29, 0.717) is 0 Å². The SMILES string of the molecule is Cl.O=C(O)O.[CsH]. The van der Waals surface area contributed by atoms with Crippen LogP contribution in [0, 0.1) is 0 Å². The Hall–Kier alpha value is 1.61. The molecule has 34 valence electrons. The molecule has 0 atom stereocenters. The van der Waals surface area contributed by atoms with Gasteiger partial charge in [-0.3, -0.25) is 0 Å². The fraction of sp³-hybridized carbons (Fsp3) is 0. The minimum atomic E-state index is -1.83.